The van der Waals surface area contributed by atoms with Gasteiger partial charge in [-0.05, 0) is 6.42 Å². The van der Waals surface area contributed by atoms with Gasteiger partial charge >= 0.3 is 5.97 Å². The highest BCUT2D eigenvalue weighted by atomic mass is 16.4. The van der Waals surface area contributed by atoms with Gasteiger partial charge in [-0.3, -0.25) is 14.4 Å². The monoisotopic (exact) mass is 258 g/mol. The number of nitrogens with one attached hydrogen (secondary N) is 1. The molecule has 0 saturated heterocycles. The Bertz CT molecular complexity index is 304. The van der Waals surface area contributed by atoms with E-state index in [0.29, 0.717) is 25.9 Å². The number of amides is 2. The number of hydrogen-bond donors (Lipinski definition) is 2. The second-order valence-electron chi connectivity index (χ2n) is 4.27. The van der Waals surface area contributed by atoms with E-state index in [4.69, 9.17) is 5.11 Å². The van der Waals surface area contributed by atoms with E-state index in [0.717, 1.165) is 0 Å². The Labute approximate surface area is 107 Å². The molecular formula is C12H22N2O4. The number of carbonyl (C=O) groups excluding carboxylic acids is 2. The Morgan fingerprint density at radius 3 is 2.39 bits per heavy atom. The van der Waals surface area contributed by atoms with Crippen molar-refractivity contribution in [1.29, 1.82) is 0 Å². The van der Waals surface area contributed by atoms with E-state index in [-0.39, 0.29) is 18.4 Å². The third-order valence-corrected chi connectivity index (χ3v) is 2.55. The molecule has 0 fully saturated rings. The van der Waals surface area contributed by atoms with Gasteiger partial charge in [0.15, 0.2) is 0 Å². The van der Waals surface area contributed by atoms with Crippen LogP contribution >= 0.6 is 0 Å². The molecule has 0 aliphatic carbocycles. The molecule has 0 radical (unpaired) electrons. The molecule has 1 atom stereocenters. The van der Waals surface area contributed by atoms with Gasteiger partial charge in [-0.1, -0.05) is 13.8 Å². The van der Waals surface area contributed by atoms with Crippen LogP contribution in [0.25, 0.3) is 0 Å². The van der Waals surface area contributed by atoms with Crippen LogP contribution in [0.2, 0.25) is 0 Å². The molecule has 2 amide bonds. The van der Waals surface area contributed by atoms with E-state index in [2.05, 4.69) is 5.32 Å². The molecule has 0 saturated carbocycles. The Morgan fingerprint density at radius 1 is 1.33 bits per heavy atom. The van der Waals surface area contributed by atoms with E-state index >= 15 is 0 Å². The SMILES string of the molecule is CCC(=O)N(CCCNC(C)=O)CC(C)C(=O)O. The molecule has 0 rings (SSSR count). The maximum atomic E-state index is 11.6. The first-order valence-corrected chi connectivity index (χ1v) is 6.13. The van der Waals surface area contributed by atoms with Gasteiger partial charge in [0.25, 0.3) is 0 Å². The van der Waals surface area contributed by atoms with Crippen LogP contribution in [0.1, 0.15) is 33.6 Å². The fraction of sp³-hybridized carbons (Fsp3) is 0.750. The zero-order valence-electron chi connectivity index (χ0n) is 11.2. The van der Waals surface area contributed by atoms with Gasteiger partial charge in [0.2, 0.25) is 11.8 Å². The van der Waals surface area contributed by atoms with Crippen molar-refractivity contribution in [3.05, 3.63) is 0 Å². The van der Waals surface area contributed by atoms with Gasteiger partial charge in [-0.2, -0.15) is 0 Å². The van der Waals surface area contributed by atoms with Crippen LogP contribution in [-0.2, 0) is 14.4 Å². The summed E-state index contributed by atoms with van der Waals surface area (Å²) >= 11 is 0. The van der Waals surface area contributed by atoms with Gasteiger partial charge in [-0.25, -0.2) is 0 Å². The number of carboxylic acids is 1. The summed E-state index contributed by atoms with van der Waals surface area (Å²) in [5.74, 6) is -1.67. The lowest BCUT2D eigenvalue weighted by atomic mass is 10.1. The molecule has 0 spiro atoms. The summed E-state index contributed by atoms with van der Waals surface area (Å²) in [4.78, 5) is 34.6. The van der Waals surface area contributed by atoms with Crippen LogP contribution in [0.15, 0.2) is 0 Å². The summed E-state index contributed by atoms with van der Waals surface area (Å²) in [5.41, 5.74) is 0. The van der Waals surface area contributed by atoms with Crippen molar-refractivity contribution in [3.8, 4) is 0 Å². The lowest BCUT2D eigenvalue weighted by molar-refractivity contribution is -0.143. The van der Waals surface area contributed by atoms with Crippen LogP contribution < -0.4 is 5.32 Å². The minimum atomic E-state index is -0.911. The predicted molar refractivity (Wildman–Crippen MR) is 67.0 cm³/mol. The van der Waals surface area contributed by atoms with Gasteiger partial charge < -0.3 is 15.3 Å². The molecule has 0 aromatic carbocycles. The number of rotatable bonds is 8. The Morgan fingerprint density at radius 2 is 1.94 bits per heavy atom. The third-order valence-electron chi connectivity index (χ3n) is 2.55. The molecule has 0 aliphatic heterocycles. The summed E-state index contributed by atoms with van der Waals surface area (Å²) in [6.07, 6.45) is 0.976. The second kappa shape index (κ2) is 8.49. The van der Waals surface area contributed by atoms with Crippen molar-refractivity contribution < 1.29 is 19.5 Å². The second-order valence-corrected chi connectivity index (χ2v) is 4.27. The summed E-state index contributed by atoms with van der Waals surface area (Å²) < 4.78 is 0. The zero-order chi connectivity index (χ0) is 14.1. The zero-order valence-corrected chi connectivity index (χ0v) is 11.2. The molecule has 0 bridgehead atoms. The van der Waals surface area contributed by atoms with Gasteiger partial charge in [0, 0.05) is 33.0 Å². The molecule has 0 aliphatic rings. The van der Waals surface area contributed by atoms with Crippen molar-refractivity contribution in [2.24, 2.45) is 5.92 Å². The third kappa shape index (κ3) is 6.88. The first-order valence-electron chi connectivity index (χ1n) is 6.13. The maximum absolute atomic E-state index is 11.6. The van der Waals surface area contributed by atoms with Crippen LogP contribution in [0.4, 0.5) is 0 Å². The van der Waals surface area contributed by atoms with Crippen LogP contribution in [-0.4, -0.2) is 47.4 Å². The van der Waals surface area contributed by atoms with E-state index in [9.17, 15) is 14.4 Å². The van der Waals surface area contributed by atoms with Crippen molar-refractivity contribution in [2.75, 3.05) is 19.6 Å². The van der Waals surface area contributed by atoms with E-state index < -0.39 is 11.9 Å². The average molecular weight is 258 g/mol. The first-order chi connectivity index (χ1) is 8.38. The van der Waals surface area contributed by atoms with Crippen molar-refractivity contribution in [3.63, 3.8) is 0 Å². The molecule has 1 unspecified atom stereocenters. The molecule has 104 valence electrons. The molecule has 0 heterocycles. The Kier molecular flexibility index (Phi) is 7.74. The van der Waals surface area contributed by atoms with Crippen LogP contribution in [0, 0.1) is 5.92 Å². The summed E-state index contributed by atoms with van der Waals surface area (Å²) in [5, 5.41) is 11.5. The largest absolute Gasteiger partial charge is 0.481 e. The summed E-state index contributed by atoms with van der Waals surface area (Å²) in [7, 11) is 0. The van der Waals surface area contributed by atoms with E-state index in [1.165, 1.54) is 6.92 Å². The van der Waals surface area contributed by atoms with Crippen molar-refractivity contribution in [1.82, 2.24) is 10.2 Å². The first kappa shape index (κ1) is 16.4. The molecule has 2 N–H and O–H groups in total. The fourth-order valence-electron chi connectivity index (χ4n) is 1.48. The number of aliphatic carboxylic acids is 1. The molecular weight excluding hydrogens is 236 g/mol. The number of carbonyl (C=O) groups is 3. The molecule has 0 aromatic heterocycles. The highest BCUT2D eigenvalue weighted by molar-refractivity contribution is 5.77. The van der Waals surface area contributed by atoms with Gasteiger partial charge in [0.05, 0.1) is 5.92 Å². The Hall–Kier alpha value is -1.59. The minimum Gasteiger partial charge on any atom is -0.481 e. The van der Waals surface area contributed by atoms with Gasteiger partial charge in [-0.15, -0.1) is 0 Å². The fourth-order valence-corrected chi connectivity index (χ4v) is 1.48. The van der Waals surface area contributed by atoms with Crippen LogP contribution in [0.3, 0.4) is 0 Å². The van der Waals surface area contributed by atoms with Crippen molar-refractivity contribution >= 4 is 17.8 Å². The normalized spacial score (nSPS) is 11.7. The molecule has 6 nitrogen and oxygen atoms in total. The van der Waals surface area contributed by atoms with Crippen LogP contribution in [0.5, 0.6) is 0 Å². The van der Waals surface area contributed by atoms with E-state index in [1.807, 2.05) is 0 Å². The lowest BCUT2D eigenvalue weighted by Gasteiger charge is -2.24. The highest BCUT2D eigenvalue weighted by Gasteiger charge is 2.18. The summed E-state index contributed by atoms with van der Waals surface area (Å²) in [6, 6.07) is 0. The summed E-state index contributed by atoms with van der Waals surface area (Å²) in [6.45, 7) is 5.92. The number of nitrogens with zero attached hydrogens (tertiary/aromatic N) is 1. The molecule has 18 heavy (non-hydrogen) atoms. The smallest absolute Gasteiger partial charge is 0.308 e. The maximum Gasteiger partial charge on any atom is 0.308 e. The highest BCUT2D eigenvalue weighted by Crippen LogP contribution is 2.03. The van der Waals surface area contributed by atoms with Gasteiger partial charge in [0.1, 0.15) is 0 Å². The van der Waals surface area contributed by atoms with Crippen molar-refractivity contribution in [2.45, 2.75) is 33.6 Å². The molecule has 0 aromatic rings. The van der Waals surface area contributed by atoms with E-state index in [1.54, 1.807) is 18.7 Å². The topological polar surface area (TPSA) is 86.7 Å². The lowest BCUT2D eigenvalue weighted by Crippen LogP contribution is -2.38. The Balaban J connectivity index is 4.19. The minimum absolute atomic E-state index is 0.0640. The molecule has 6 heteroatoms. The number of carboxylic acid groups (broad SMARTS) is 1. The predicted octanol–water partition coefficient (Wildman–Crippen LogP) is 0.472. The standard InChI is InChI=1S/C12H22N2O4/c1-4-11(16)14(8-9(2)12(17)18)7-5-6-13-10(3)15/h9H,4-8H2,1-3H3,(H,13,15)(H,17,18). The quantitative estimate of drug-likeness (QED) is 0.620. The average Bonchev–Trinajstić information content (AvgIpc) is 2.31. The number of hydrogen-bond acceptors (Lipinski definition) is 3.